The van der Waals surface area contributed by atoms with Crippen molar-refractivity contribution in [1.29, 1.82) is 0 Å². The van der Waals surface area contributed by atoms with Crippen LogP contribution in [0.3, 0.4) is 0 Å². The lowest BCUT2D eigenvalue weighted by Crippen LogP contribution is -2.50. The molecule has 3 atom stereocenters. The standard InChI is InChI=1S/C27H42N4O3/c1-19(2)14-29-26(32)20-13-21(16-28-15-20)27(33)31(23-9-10-23)18-22-17-30(11-6-12-34-3)25-8-5-4-7-24(22)25/h4-5,7-8,19-23,28H,6,9-18H2,1-3H3,(H,29,32)/t20-,21+,22?/m0/s1. The maximum Gasteiger partial charge on any atom is 0.227 e. The van der Waals surface area contributed by atoms with E-state index in [1.165, 1.54) is 11.3 Å². The summed E-state index contributed by atoms with van der Waals surface area (Å²) >= 11 is 0. The molecule has 3 aliphatic rings. The third kappa shape index (κ3) is 6.11. The van der Waals surface area contributed by atoms with Crippen LogP contribution >= 0.6 is 0 Å². The summed E-state index contributed by atoms with van der Waals surface area (Å²) in [5.41, 5.74) is 2.65. The molecular formula is C27H42N4O3. The smallest absolute Gasteiger partial charge is 0.227 e. The van der Waals surface area contributed by atoms with E-state index in [0.717, 1.165) is 45.5 Å². The van der Waals surface area contributed by atoms with Gasteiger partial charge < -0.3 is 25.2 Å². The molecule has 1 saturated heterocycles. The highest BCUT2D eigenvalue weighted by Crippen LogP contribution is 2.39. The lowest BCUT2D eigenvalue weighted by Gasteiger charge is -2.34. The molecule has 7 heteroatoms. The van der Waals surface area contributed by atoms with Gasteiger partial charge in [0.05, 0.1) is 11.8 Å². The number of carbonyl (C=O) groups excluding carboxylic acids is 2. The molecule has 2 amide bonds. The first-order chi connectivity index (χ1) is 16.5. The van der Waals surface area contributed by atoms with Crippen molar-refractivity contribution in [3.05, 3.63) is 29.8 Å². The van der Waals surface area contributed by atoms with Crippen molar-refractivity contribution in [1.82, 2.24) is 15.5 Å². The molecule has 0 spiro atoms. The Morgan fingerprint density at radius 3 is 2.71 bits per heavy atom. The molecule has 1 aromatic carbocycles. The fourth-order valence-electron chi connectivity index (χ4n) is 5.41. The highest BCUT2D eigenvalue weighted by molar-refractivity contribution is 5.83. The summed E-state index contributed by atoms with van der Waals surface area (Å²) in [6.07, 6.45) is 3.83. The number of amides is 2. The number of ether oxygens (including phenoxy) is 1. The van der Waals surface area contributed by atoms with Gasteiger partial charge in [0, 0.05) is 70.6 Å². The first kappa shape index (κ1) is 25.0. The number of fused-ring (bicyclic) bond motifs is 1. The molecule has 34 heavy (non-hydrogen) atoms. The Labute approximate surface area is 204 Å². The zero-order valence-corrected chi connectivity index (χ0v) is 21.1. The summed E-state index contributed by atoms with van der Waals surface area (Å²) in [7, 11) is 1.75. The van der Waals surface area contributed by atoms with Crippen molar-refractivity contribution >= 4 is 17.5 Å². The average Bonchev–Trinajstić information content (AvgIpc) is 3.63. The number of nitrogens with one attached hydrogen (secondary N) is 2. The predicted molar refractivity (Wildman–Crippen MR) is 135 cm³/mol. The minimum atomic E-state index is -0.133. The predicted octanol–water partition coefficient (Wildman–Crippen LogP) is 2.62. The molecule has 1 aliphatic carbocycles. The molecule has 0 radical (unpaired) electrons. The van der Waals surface area contributed by atoms with Crippen LogP contribution in [0.4, 0.5) is 5.69 Å². The molecule has 2 fully saturated rings. The van der Waals surface area contributed by atoms with Gasteiger partial charge in [-0.1, -0.05) is 32.0 Å². The number of hydrogen-bond donors (Lipinski definition) is 2. The number of para-hydroxylation sites is 1. The van der Waals surface area contributed by atoms with Gasteiger partial charge >= 0.3 is 0 Å². The number of benzene rings is 1. The van der Waals surface area contributed by atoms with Crippen LogP contribution < -0.4 is 15.5 Å². The Morgan fingerprint density at radius 2 is 1.97 bits per heavy atom. The molecule has 2 N–H and O–H groups in total. The Morgan fingerprint density at radius 1 is 1.21 bits per heavy atom. The van der Waals surface area contributed by atoms with Crippen molar-refractivity contribution < 1.29 is 14.3 Å². The number of anilines is 1. The van der Waals surface area contributed by atoms with Crippen molar-refractivity contribution in [2.24, 2.45) is 17.8 Å². The first-order valence-electron chi connectivity index (χ1n) is 13.1. The molecule has 1 unspecified atom stereocenters. The highest BCUT2D eigenvalue weighted by atomic mass is 16.5. The molecule has 2 heterocycles. The van der Waals surface area contributed by atoms with Crippen LogP contribution in [0.25, 0.3) is 0 Å². The van der Waals surface area contributed by atoms with Gasteiger partial charge in [0.15, 0.2) is 0 Å². The highest BCUT2D eigenvalue weighted by Gasteiger charge is 2.41. The number of hydrogen-bond acceptors (Lipinski definition) is 5. The third-order valence-corrected chi connectivity index (χ3v) is 7.38. The summed E-state index contributed by atoms with van der Waals surface area (Å²) in [4.78, 5) is 31.0. The number of piperidine rings is 1. The van der Waals surface area contributed by atoms with Crippen LogP contribution in [0.15, 0.2) is 24.3 Å². The van der Waals surface area contributed by atoms with Crippen LogP contribution in [0.2, 0.25) is 0 Å². The zero-order valence-electron chi connectivity index (χ0n) is 21.1. The van der Waals surface area contributed by atoms with E-state index in [2.05, 4.69) is 58.5 Å². The second-order valence-electron chi connectivity index (χ2n) is 10.7. The molecule has 7 nitrogen and oxygen atoms in total. The minimum absolute atomic E-state index is 0.0769. The molecule has 1 aromatic rings. The Bertz CT molecular complexity index is 841. The molecule has 1 saturated carbocycles. The van der Waals surface area contributed by atoms with Gasteiger partial charge in [-0.3, -0.25) is 9.59 Å². The Hall–Kier alpha value is -2.12. The van der Waals surface area contributed by atoms with Crippen molar-refractivity contribution in [2.45, 2.75) is 51.5 Å². The van der Waals surface area contributed by atoms with E-state index in [-0.39, 0.29) is 23.7 Å². The van der Waals surface area contributed by atoms with Crippen LogP contribution in [0, 0.1) is 17.8 Å². The van der Waals surface area contributed by atoms with E-state index in [1.807, 2.05) is 0 Å². The second-order valence-corrected chi connectivity index (χ2v) is 10.7. The van der Waals surface area contributed by atoms with Crippen LogP contribution in [0.5, 0.6) is 0 Å². The van der Waals surface area contributed by atoms with E-state index in [0.29, 0.717) is 43.9 Å². The van der Waals surface area contributed by atoms with Crippen LogP contribution in [-0.4, -0.2) is 75.7 Å². The van der Waals surface area contributed by atoms with Gasteiger partial charge in [0.1, 0.15) is 0 Å². The first-order valence-corrected chi connectivity index (χ1v) is 13.1. The lowest BCUT2D eigenvalue weighted by atomic mass is 9.88. The molecule has 0 aromatic heterocycles. The van der Waals surface area contributed by atoms with Gasteiger partial charge in [0.2, 0.25) is 11.8 Å². The van der Waals surface area contributed by atoms with E-state index < -0.39 is 0 Å². The van der Waals surface area contributed by atoms with E-state index >= 15 is 0 Å². The molecule has 0 bridgehead atoms. The monoisotopic (exact) mass is 470 g/mol. The number of carbonyl (C=O) groups is 2. The largest absolute Gasteiger partial charge is 0.385 e. The summed E-state index contributed by atoms with van der Waals surface area (Å²) in [6.45, 7) is 9.64. The zero-order chi connectivity index (χ0) is 24.1. The second kappa shape index (κ2) is 11.5. The molecule has 188 valence electrons. The van der Waals surface area contributed by atoms with Gasteiger partial charge in [-0.05, 0) is 43.2 Å². The van der Waals surface area contributed by atoms with E-state index in [9.17, 15) is 9.59 Å². The number of methoxy groups -OCH3 is 1. The molecular weight excluding hydrogens is 428 g/mol. The molecule has 4 rings (SSSR count). The summed E-state index contributed by atoms with van der Waals surface area (Å²) in [5, 5.41) is 6.42. The maximum atomic E-state index is 13.7. The fraction of sp³-hybridized carbons (Fsp3) is 0.704. The maximum absolute atomic E-state index is 13.7. The molecule has 2 aliphatic heterocycles. The Kier molecular flexibility index (Phi) is 8.48. The van der Waals surface area contributed by atoms with Gasteiger partial charge in [-0.25, -0.2) is 0 Å². The summed E-state index contributed by atoms with van der Waals surface area (Å²) in [5.74, 6) is 0.793. The summed E-state index contributed by atoms with van der Waals surface area (Å²) in [6, 6.07) is 9.00. The summed E-state index contributed by atoms with van der Waals surface area (Å²) < 4.78 is 5.26. The SMILES string of the molecule is COCCCN1CC(CN(C(=O)[C@H]2CNC[C@@H](C(=O)NCC(C)C)C2)C2CC2)c2ccccc21. The van der Waals surface area contributed by atoms with Crippen LogP contribution in [0.1, 0.15) is 51.0 Å². The van der Waals surface area contributed by atoms with Gasteiger partial charge in [-0.2, -0.15) is 0 Å². The fourth-order valence-corrected chi connectivity index (χ4v) is 5.41. The van der Waals surface area contributed by atoms with E-state index in [4.69, 9.17) is 4.74 Å². The minimum Gasteiger partial charge on any atom is -0.385 e. The van der Waals surface area contributed by atoms with Gasteiger partial charge in [-0.15, -0.1) is 0 Å². The van der Waals surface area contributed by atoms with Crippen molar-refractivity contribution in [3.8, 4) is 0 Å². The van der Waals surface area contributed by atoms with Crippen molar-refractivity contribution in [3.63, 3.8) is 0 Å². The Balaban J connectivity index is 1.40. The van der Waals surface area contributed by atoms with Crippen molar-refractivity contribution in [2.75, 3.05) is 57.9 Å². The number of rotatable bonds is 11. The van der Waals surface area contributed by atoms with E-state index in [1.54, 1.807) is 7.11 Å². The van der Waals surface area contributed by atoms with Gasteiger partial charge in [0.25, 0.3) is 0 Å². The third-order valence-electron chi connectivity index (χ3n) is 7.38. The average molecular weight is 471 g/mol. The van der Waals surface area contributed by atoms with Crippen LogP contribution in [-0.2, 0) is 14.3 Å². The number of nitrogens with zero attached hydrogens (tertiary/aromatic N) is 2. The normalized spacial score (nSPS) is 24.2. The lowest BCUT2D eigenvalue weighted by molar-refractivity contribution is -0.138. The quantitative estimate of drug-likeness (QED) is 0.487. The topological polar surface area (TPSA) is 73.9 Å².